The highest BCUT2D eigenvalue weighted by molar-refractivity contribution is 6.00. The Labute approximate surface area is 99.4 Å². The monoisotopic (exact) mass is 240 g/mol. The van der Waals surface area contributed by atoms with Gasteiger partial charge in [-0.2, -0.15) is 0 Å². The summed E-state index contributed by atoms with van der Waals surface area (Å²) in [5, 5.41) is 5.17. The molecule has 0 aromatic carbocycles. The van der Waals surface area contributed by atoms with Crippen LogP contribution in [0.25, 0.3) is 0 Å². The first-order valence-electron chi connectivity index (χ1n) is 5.54. The maximum Gasteiger partial charge on any atom is 0.330 e. The highest BCUT2D eigenvalue weighted by Crippen LogP contribution is 2.03. The van der Waals surface area contributed by atoms with Crippen molar-refractivity contribution >= 4 is 17.8 Å². The van der Waals surface area contributed by atoms with Crippen LogP contribution >= 0.6 is 0 Å². The number of imide groups is 1. The molecule has 2 amide bonds. The van der Waals surface area contributed by atoms with Crippen molar-refractivity contribution in [3.8, 4) is 0 Å². The van der Waals surface area contributed by atoms with Gasteiger partial charge in [-0.25, -0.2) is 4.79 Å². The van der Waals surface area contributed by atoms with E-state index >= 15 is 0 Å². The molecule has 0 aromatic rings. The molecule has 1 heterocycles. The number of hydrogen-bond acceptors (Lipinski definition) is 5. The van der Waals surface area contributed by atoms with E-state index in [0.29, 0.717) is 26.0 Å². The minimum atomic E-state index is -0.405. The van der Waals surface area contributed by atoms with Crippen molar-refractivity contribution < 1.29 is 19.1 Å². The third-order valence-electron chi connectivity index (χ3n) is 2.26. The summed E-state index contributed by atoms with van der Waals surface area (Å²) in [6.45, 7) is 2.45. The molecule has 1 unspecified atom stereocenters. The Morgan fingerprint density at radius 2 is 2.35 bits per heavy atom. The van der Waals surface area contributed by atoms with Crippen LogP contribution in [0.5, 0.6) is 0 Å². The van der Waals surface area contributed by atoms with Gasteiger partial charge in [0, 0.05) is 19.0 Å². The van der Waals surface area contributed by atoms with E-state index in [1.807, 2.05) is 0 Å². The number of hydrogen-bond donors (Lipinski definition) is 2. The van der Waals surface area contributed by atoms with Gasteiger partial charge >= 0.3 is 5.97 Å². The van der Waals surface area contributed by atoms with Crippen molar-refractivity contribution in [1.82, 2.24) is 10.6 Å². The molecule has 6 nitrogen and oxygen atoms in total. The van der Waals surface area contributed by atoms with E-state index in [1.54, 1.807) is 13.0 Å². The number of esters is 1. The number of ether oxygens (including phenoxy) is 1. The quantitative estimate of drug-likeness (QED) is 0.384. The highest BCUT2D eigenvalue weighted by atomic mass is 16.5. The Kier molecular flexibility index (Phi) is 5.35. The van der Waals surface area contributed by atoms with Crippen molar-refractivity contribution in [2.75, 3.05) is 13.2 Å². The summed E-state index contributed by atoms with van der Waals surface area (Å²) in [4.78, 5) is 33.1. The van der Waals surface area contributed by atoms with Crippen molar-refractivity contribution in [2.24, 2.45) is 0 Å². The third kappa shape index (κ3) is 4.78. The number of carbonyl (C=O) groups is 3. The first kappa shape index (κ1) is 13.4. The van der Waals surface area contributed by atoms with Gasteiger partial charge in [-0.1, -0.05) is 6.08 Å². The molecule has 1 saturated heterocycles. The second-order valence-electron chi connectivity index (χ2n) is 3.57. The van der Waals surface area contributed by atoms with Gasteiger partial charge in [-0.15, -0.1) is 0 Å². The number of rotatable bonds is 5. The number of carbonyl (C=O) groups excluding carboxylic acids is 3. The van der Waals surface area contributed by atoms with Crippen molar-refractivity contribution in [2.45, 2.75) is 25.8 Å². The topological polar surface area (TPSA) is 84.5 Å². The van der Waals surface area contributed by atoms with Gasteiger partial charge in [0.15, 0.2) is 0 Å². The second kappa shape index (κ2) is 6.80. The highest BCUT2D eigenvalue weighted by Gasteiger charge is 2.25. The minimum Gasteiger partial charge on any atom is -0.463 e. The Balaban J connectivity index is 2.24. The van der Waals surface area contributed by atoms with Gasteiger partial charge in [-0.3, -0.25) is 14.9 Å². The van der Waals surface area contributed by atoms with Crippen LogP contribution in [0.15, 0.2) is 12.2 Å². The van der Waals surface area contributed by atoms with Crippen LogP contribution in [0.3, 0.4) is 0 Å². The first-order chi connectivity index (χ1) is 8.13. The molecule has 17 heavy (non-hydrogen) atoms. The molecule has 94 valence electrons. The lowest BCUT2D eigenvalue weighted by atomic mass is 10.1. The summed E-state index contributed by atoms with van der Waals surface area (Å²) in [6, 6.07) is -0.375. The minimum absolute atomic E-state index is 0.241. The van der Waals surface area contributed by atoms with E-state index in [1.165, 1.54) is 6.08 Å². The fourth-order valence-corrected chi connectivity index (χ4v) is 1.44. The molecule has 0 aliphatic carbocycles. The summed E-state index contributed by atoms with van der Waals surface area (Å²) < 4.78 is 4.69. The SMILES string of the molecule is CCOC(=O)/C=C/CNC1CCC(=O)NC1=O. The lowest BCUT2D eigenvalue weighted by molar-refractivity contribution is -0.137. The van der Waals surface area contributed by atoms with E-state index < -0.39 is 5.97 Å². The van der Waals surface area contributed by atoms with E-state index in [-0.39, 0.29) is 17.9 Å². The van der Waals surface area contributed by atoms with Gasteiger partial charge in [0.25, 0.3) is 0 Å². The molecule has 0 aromatic heterocycles. The van der Waals surface area contributed by atoms with E-state index in [9.17, 15) is 14.4 Å². The van der Waals surface area contributed by atoms with Crippen LogP contribution in [-0.2, 0) is 19.1 Å². The molecule has 2 N–H and O–H groups in total. The average molecular weight is 240 g/mol. The third-order valence-corrected chi connectivity index (χ3v) is 2.26. The van der Waals surface area contributed by atoms with Crippen LogP contribution in [0.2, 0.25) is 0 Å². The van der Waals surface area contributed by atoms with Gasteiger partial charge in [-0.05, 0) is 13.3 Å². The number of piperidine rings is 1. The van der Waals surface area contributed by atoms with Crippen LogP contribution in [0.4, 0.5) is 0 Å². The summed E-state index contributed by atoms with van der Waals surface area (Å²) >= 11 is 0. The zero-order chi connectivity index (χ0) is 12.7. The molecule has 1 fully saturated rings. The Morgan fingerprint density at radius 3 is 3.00 bits per heavy atom. The average Bonchev–Trinajstić information content (AvgIpc) is 2.27. The molecular formula is C11H16N2O4. The standard InChI is InChI=1S/C11H16N2O4/c1-2-17-10(15)4-3-7-12-8-5-6-9(14)13-11(8)16/h3-4,8,12H,2,5-7H2,1H3,(H,13,14,16)/b4-3+. The summed E-state index contributed by atoms with van der Waals surface area (Å²) in [6.07, 6.45) is 3.72. The van der Waals surface area contributed by atoms with Crippen LogP contribution in [0.1, 0.15) is 19.8 Å². The Hall–Kier alpha value is -1.69. The number of nitrogens with one attached hydrogen (secondary N) is 2. The summed E-state index contributed by atoms with van der Waals surface area (Å²) in [5.74, 6) is -0.960. The van der Waals surface area contributed by atoms with E-state index in [2.05, 4.69) is 10.6 Å². The number of amides is 2. The summed E-state index contributed by atoms with van der Waals surface area (Å²) in [7, 11) is 0. The predicted octanol–water partition coefficient (Wildman–Crippen LogP) is -0.499. The van der Waals surface area contributed by atoms with Crippen molar-refractivity contribution in [1.29, 1.82) is 0 Å². The van der Waals surface area contributed by atoms with Crippen LogP contribution in [-0.4, -0.2) is 37.0 Å². The molecule has 1 aliphatic rings. The zero-order valence-electron chi connectivity index (χ0n) is 9.69. The smallest absolute Gasteiger partial charge is 0.330 e. The van der Waals surface area contributed by atoms with Gasteiger partial charge in [0.2, 0.25) is 11.8 Å². The lowest BCUT2D eigenvalue weighted by Gasteiger charge is -2.20. The van der Waals surface area contributed by atoms with E-state index in [4.69, 9.17) is 4.74 Å². The zero-order valence-corrected chi connectivity index (χ0v) is 9.69. The second-order valence-corrected chi connectivity index (χ2v) is 3.57. The molecule has 0 saturated carbocycles. The summed E-state index contributed by atoms with van der Waals surface area (Å²) in [5.41, 5.74) is 0. The van der Waals surface area contributed by atoms with Gasteiger partial charge in [0.05, 0.1) is 12.6 Å². The molecule has 0 radical (unpaired) electrons. The lowest BCUT2D eigenvalue weighted by Crippen LogP contribution is -2.50. The molecule has 1 rings (SSSR count). The largest absolute Gasteiger partial charge is 0.463 e. The van der Waals surface area contributed by atoms with Crippen molar-refractivity contribution in [3.05, 3.63) is 12.2 Å². The fourth-order valence-electron chi connectivity index (χ4n) is 1.44. The van der Waals surface area contributed by atoms with Crippen LogP contribution in [0, 0.1) is 0 Å². The Morgan fingerprint density at radius 1 is 1.59 bits per heavy atom. The fraction of sp³-hybridized carbons (Fsp3) is 0.545. The van der Waals surface area contributed by atoms with Crippen LogP contribution < -0.4 is 10.6 Å². The Bertz CT molecular complexity index is 338. The van der Waals surface area contributed by atoms with Gasteiger partial charge in [0.1, 0.15) is 0 Å². The molecule has 0 spiro atoms. The van der Waals surface area contributed by atoms with Gasteiger partial charge < -0.3 is 10.1 Å². The van der Waals surface area contributed by atoms with Crippen molar-refractivity contribution in [3.63, 3.8) is 0 Å². The maximum atomic E-state index is 11.3. The molecule has 1 atom stereocenters. The predicted molar refractivity (Wildman–Crippen MR) is 59.9 cm³/mol. The maximum absolute atomic E-state index is 11.3. The molecule has 6 heteroatoms. The molecular weight excluding hydrogens is 224 g/mol. The van der Waals surface area contributed by atoms with E-state index in [0.717, 1.165) is 0 Å². The molecule has 1 aliphatic heterocycles. The molecule has 0 bridgehead atoms. The first-order valence-corrected chi connectivity index (χ1v) is 5.54. The normalized spacial score (nSPS) is 20.4.